The van der Waals surface area contributed by atoms with E-state index in [1.807, 2.05) is 30.3 Å². The molecule has 0 bridgehead atoms. The van der Waals surface area contributed by atoms with Gasteiger partial charge in [0.05, 0.1) is 6.04 Å². The Morgan fingerprint density at radius 3 is 2.27 bits per heavy atom. The molecule has 4 N–H and O–H groups in total. The number of hydrogen-bond donors (Lipinski definition) is 4. The topological polar surface area (TPSA) is 137 Å². The fourth-order valence-electron chi connectivity index (χ4n) is 8.20. The molecule has 2 aromatic carbocycles. The highest BCUT2D eigenvalue weighted by Gasteiger charge is 2.69. The quantitative estimate of drug-likeness (QED) is 0.181. The summed E-state index contributed by atoms with van der Waals surface area (Å²) >= 11 is 0. The smallest absolute Gasteiger partial charge is 0.315 e. The molecule has 3 aliphatic carbocycles. The van der Waals surface area contributed by atoms with Crippen LogP contribution in [-0.4, -0.2) is 71.7 Å². The Balaban J connectivity index is 1.21. The van der Waals surface area contributed by atoms with Crippen LogP contribution in [0.3, 0.4) is 0 Å². The molecular weight excluding hydrogens is 618 g/mol. The molecule has 0 radical (unpaired) electrons. The molecule has 5 amide bonds. The number of carbonyl (C=O) groups excluding carboxylic acids is 5. The number of allylic oxidation sites excluding steroid dienone is 1. The highest BCUT2D eigenvalue weighted by Crippen LogP contribution is 2.65. The number of fused-ring (bicyclic) bond motifs is 2. The van der Waals surface area contributed by atoms with Crippen molar-refractivity contribution >= 4 is 29.5 Å². The van der Waals surface area contributed by atoms with Crippen LogP contribution in [-0.2, 0) is 32.0 Å². The summed E-state index contributed by atoms with van der Waals surface area (Å²) in [6.07, 6.45) is 5.79. The van der Waals surface area contributed by atoms with Gasteiger partial charge >= 0.3 is 6.03 Å². The van der Waals surface area contributed by atoms with Gasteiger partial charge in [-0.3, -0.25) is 19.2 Å². The summed E-state index contributed by atoms with van der Waals surface area (Å²) in [5.41, 5.74) is 3.29. The van der Waals surface area contributed by atoms with Crippen LogP contribution in [0.1, 0.15) is 55.7 Å². The molecule has 0 aromatic heterocycles. The van der Waals surface area contributed by atoms with Crippen LogP contribution in [0, 0.1) is 23.2 Å². The molecule has 1 saturated heterocycles. The predicted molar refractivity (Wildman–Crippen MR) is 186 cm³/mol. The number of likely N-dealkylation sites (tertiary alicyclic amines) is 1. The maximum atomic E-state index is 14.7. The standard InChI is InChI=1S/C39H47N5O5/c1-5-7-17-29(34(45)36(47)40-18-6-2)41-35(46)33-31-28(39(31,3)4)22-44(33)37(48)32(26-19-24-15-11-12-16-25(24)20-26)43-38(49)42-30-21-27(30)23-13-9-8-10-14-23/h5-6,8-16,26-33H,1-2,7,17-22H2,3-4H3,(H,40,47)(H,41,46)(H2,42,43,49)/t27?,28-,29?,30?,31-,32+,33+/m1/s1. The average molecular weight is 666 g/mol. The monoisotopic (exact) mass is 665 g/mol. The lowest BCUT2D eigenvalue weighted by Gasteiger charge is -2.35. The molecule has 4 aliphatic rings. The van der Waals surface area contributed by atoms with Crippen molar-refractivity contribution in [3.8, 4) is 0 Å². The number of ketones is 1. The molecule has 2 aromatic rings. The van der Waals surface area contributed by atoms with Crippen LogP contribution < -0.4 is 21.3 Å². The molecule has 0 spiro atoms. The Morgan fingerprint density at radius 2 is 1.61 bits per heavy atom. The second-order valence-corrected chi connectivity index (χ2v) is 14.6. The number of amides is 5. The van der Waals surface area contributed by atoms with Gasteiger partial charge in [0.15, 0.2) is 0 Å². The molecule has 7 atom stereocenters. The second-order valence-electron chi connectivity index (χ2n) is 14.6. The number of benzene rings is 2. The van der Waals surface area contributed by atoms with Crippen LogP contribution in [0.15, 0.2) is 79.9 Å². The molecule has 6 rings (SSSR count). The molecular formula is C39H47N5O5. The van der Waals surface area contributed by atoms with Crippen molar-refractivity contribution in [2.75, 3.05) is 13.1 Å². The van der Waals surface area contributed by atoms with Crippen LogP contribution >= 0.6 is 0 Å². The Morgan fingerprint density at radius 1 is 0.939 bits per heavy atom. The van der Waals surface area contributed by atoms with E-state index in [-0.39, 0.29) is 54.0 Å². The van der Waals surface area contributed by atoms with E-state index in [2.05, 4.69) is 72.5 Å². The van der Waals surface area contributed by atoms with Gasteiger partial charge in [-0.2, -0.15) is 0 Å². The Bertz CT molecular complexity index is 1610. The van der Waals surface area contributed by atoms with E-state index in [0.717, 1.165) is 17.5 Å². The van der Waals surface area contributed by atoms with Gasteiger partial charge < -0.3 is 26.2 Å². The average Bonchev–Trinajstić information content (AvgIpc) is 3.78. The molecule has 2 saturated carbocycles. The first-order valence-corrected chi connectivity index (χ1v) is 17.4. The molecule has 3 unspecified atom stereocenters. The minimum atomic E-state index is -1.08. The van der Waals surface area contributed by atoms with E-state index >= 15 is 0 Å². The third kappa shape index (κ3) is 7.05. The van der Waals surface area contributed by atoms with Crippen molar-refractivity contribution in [3.05, 3.63) is 96.6 Å². The maximum absolute atomic E-state index is 14.7. The Labute approximate surface area is 288 Å². The molecule has 258 valence electrons. The first-order valence-electron chi connectivity index (χ1n) is 17.4. The number of hydrogen-bond acceptors (Lipinski definition) is 5. The van der Waals surface area contributed by atoms with Gasteiger partial charge in [-0.15, -0.1) is 13.2 Å². The summed E-state index contributed by atoms with van der Waals surface area (Å²) < 4.78 is 0. The van der Waals surface area contributed by atoms with Gasteiger partial charge in [0.1, 0.15) is 12.1 Å². The lowest BCUT2D eigenvalue weighted by atomic mass is 9.93. The SMILES string of the molecule is C=CCCC(NC(=O)[C@@H]1[C@H]2[C@@H](CN1C(=O)[C@@H](NC(=O)NC1CC1c1ccccc1)C1Cc3ccccc3C1)C2(C)C)C(=O)C(=O)NCC=C. The predicted octanol–water partition coefficient (Wildman–Crippen LogP) is 3.43. The van der Waals surface area contributed by atoms with E-state index in [0.29, 0.717) is 25.8 Å². The summed E-state index contributed by atoms with van der Waals surface area (Å²) in [5.74, 6) is -2.31. The summed E-state index contributed by atoms with van der Waals surface area (Å²) in [7, 11) is 0. The Kier molecular flexibility index (Phi) is 9.77. The third-order valence-corrected chi connectivity index (χ3v) is 11.1. The van der Waals surface area contributed by atoms with E-state index in [1.54, 1.807) is 11.0 Å². The van der Waals surface area contributed by atoms with Crippen molar-refractivity contribution in [1.29, 1.82) is 0 Å². The summed E-state index contributed by atoms with van der Waals surface area (Å²) in [6.45, 7) is 12.0. The number of carbonyl (C=O) groups is 5. The van der Waals surface area contributed by atoms with Gasteiger partial charge in [0, 0.05) is 25.0 Å². The Hall–Kier alpha value is -4.73. The molecule has 1 heterocycles. The lowest BCUT2D eigenvalue weighted by Crippen LogP contribution is -2.60. The van der Waals surface area contributed by atoms with Gasteiger partial charge in [-0.1, -0.05) is 80.6 Å². The van der Waals surface area contributed by atoms with Gasteiger partial charge in [0.25, 0.3) is 5.91 Å². The first kappa shape index (κ1) is 34.1. The van der Waals surface area contributed by atoms with E-state index in [1.165, 1.54) is 11.6 Å². The molecule has 3 fully saturated rings. The zero-order valence-corrected chi connectivity index (χ0v) is 28.3. The summed E-state index contributed by atoms with van der Waals surface area (Å²) in [6, 6.07) is 14.9. The number of urea groups is 1. The third-order valence-electron chi connectivity index (χ3n) is 11.1. The van der Waals surface area contributed by atoms with Crippen molar-refractivity contribution in [1.82, 2.24) is 26.2 Å². The van der Waals surface area contributed by atoms with Crippen molar-refractivity contribution < 1.29 is 24.0 Å². The highest BCUT2D eigenvalue weighted by atomic mass is 16.2. The number of piperidine rings is 1. The first-order chi connectivity index (χ1) is 23.5. The number of Topliss-reactive ketones (excluding diaryl/α,β-unsaturated/α-hetero) is 1. The fourth-order valence-corrected chi connectivity index (χ4v) is 8.20. The van der Waals surface area contributed by atoms with Crippen LogP contribution in [0.5, 0.6) is 0 Å². The number of nitrogens with one attached hydrogen (secondary N) is 4. The van der Waals surface area contributed by atoms with Crippen molar-refractivity contribution in [3.63, 3.8) is 0 Å². The highest BCUT2D eigenvalue weighted by molar-refractivity contribution is 6.38. The van der Waals surface area contributed by atoms with Crippen LogP contribution in [0.25, 0.3) is 0 Å². The van der Waals surface area contributed by atoms with E-state index < -0.39 is 41.8 Å². The van der Waals surface area contributed by atoms with Crippen LogP contribution in [0.4, 0.5) is 4.79 Å². The number of nitrogens with zero attached hydrogens (tertiary/aromatic N) is 1. The van der Waals surface area contributed by atoms with E-state index in [9.17, 15) is 24.0 Å². The molecule has 1 aliphatic heterocycles. The molecule has 10 nitrogen and oxygen atoms in total. The molecule has 49 heavy (non-hydrogen) atoms. The van der Waals surface area contributed by atoms with E-state index in [4.69, 9.17) is 0 Å². The fraction of sp³-hybridized carbons (Fsp3) is 0.462. The maximum Gasteiger partial charge on any atom is 0.315 e. The normalized spacial score (nSPS) is 25.5. The largest absolute Gasteiger partial charge is 0.346 e. The summed E-state index contributed by atoms with van der Waals surface area (Å²) in [5, 5.41) is 11.5. The minimum Gasteiger partial charge on any atom is -0.346 e. The van der Waals surface area contributed by atoms with Crippen molar-refractivity contribution in [2.24, 2.45) is 23.2 Å². The van der Waals surface area contributed by atoms with Gasteiger partial charge in [0.2, 0.25) is 17.6 Å². The zero-order valence-electron chi connectivity index (χ0n) is 28.3. The minimum absolute atomic E-state index is 0.0219. The van der Waals surface area contributed by atoms with Crippen LogP contribution in [0.2, 0.25) is 0 Å². The van der Waals surface area contributed by atoms with Gasteiger partial charge in [-0.25, -0.2) is 4.79 Å². The van der Waals surface area contributed by atoms with Gasteiger partial charge in [-0.05, 0) is 72.0 Å². The number of rotatable bonds is 14. The molecule has 10 heteroatoms. The lowest BCUT2D eigenvalue weighted by molar-refractivity contribution is -0.144. The van der Waals surface area contributed by atoms with Crippen molar-refractivity contribution in [2.45, 2.75) is 76.0 Å². The second kappa shape index (κ2) is 14.0. The summed E-state index contributed by atoms with van der Waals surface area (Å²) in [4.78, 5) is 69.6. The zero-order chi connectivity index (χ0) is 34.9.